The monoisotopic (exact) mass is 217 g/mol. The Morgan fingerprint density at radius 3 is 2.93 bits per heavy atom. The van der Waals surface area contributed by atoms with Gasteiger partial charge in [0.15, 0.2) is 10.6 Å². The van der Waals surface area contributed by atoms with E-state index in [1.165, 1.54) is 15.7 Å². The Morgan fingerprint density at radius 2 is 2.00 bits per heavy atom. The molecule has 0 amide bonds. The first-order chi connectivity index (χ1) is 7.36. The predicted molar refractivity (Wildman–Crippen MR) is 65.9 cm³/mol. The quantitative estimate of drug-likeness (QED) is 0.617. The topological polar surface area (TPSA) is 9.23 Å². The lowest BCUT2D eigenvalue weighted by molar-refractivity contribution is 0.333. The first-order valence-corrected chi connectivity index (χ1v) is 6.93. The van der Waals surface area contributed by atoms with Crippen LogP contribution in [0, 0.1) is 0 Å². The molecule has 1 unspecified atom stereocenters. The third-order valence-electron chi connectivity index (χ3n) is 2.85. The van der Waals surface area contributed by atoms with Gasteiger partial charge in [0.25, 0.3) is 0 Å². The highest BCUT2D eigenvalue weighted by atomic mass is 32.2. The third-order valence-corrected chi connectivity index (χ3v) is 4.71. The molecule has 2 aromatic carbocycles. The lowest BCUT2D eigenvalue weighted by Crippen LogP contribution is -2.20. The molecule has 1 aliphatic heterocycles. The minimum absolute atomic E-state index is 0.354. The second-order valence-electron chi connectivity index (χ2n) is 3.80. The van der Waals surface area contributed by atoms with Crippen LogP contribution in [0.15, 0.2) is 41.3 Å². The summed E-state index contributed by atoms with van der Waals surface area (Å²) in [6, 6.07) is 12.9. The summed E-state index contributed by atoms with van der Waals surface area (Å²) in [6.45, 7) is 0.862. The average molecular weight is 217 g/mol. The van der Waals surface area contributed by atoms with E-state index in [1.807, 2.05) is 0 Å². The minimum atomic E-state index is 0.354. The van der Waals surface area contributed by atoms with Gasteiger partial charge in [-0.05, 0) is 17.5 Å². The summed E-state index contributed by atoms with van der Waals surface area (Å²) in [6.07, 6.45) is 2.30. The van der Waals surface area contributed by atoms with Gasteiger partial charge in [-0.1, -0.05) is 24.3 Å². The van der Waals surface area contributed by atoms with E-state index in [2.05, 4.69) is 42.7 Å². The maximum Gasteiger partial charge on any atom is 0.197 e. The summed E-state index contributed by atoms with van der Waals surface area (Å²) >= 11 is 0. The Hall–Kier alpha value is -1.15. The zero-order valence-corrected chi connectivity index (χ0v) is 9.51. The first kappa shape index (κ1) is 9.10. The van der Waals surface area contributed by atoms with Crippen LogP contribution in [0.2, 0.25) is 0 Å². The molecular weight excluding hydrogens is 204 g/mol. The average Bonchev–Trinajstić information content (AvgIpc) is 2.29. The van der Waals surface area contributed by atoms with Crippen molar-refractivity contribution in [3.8, 4) is 5.75 Å². The lowest BCUT2D eigenvalue weighted by atomic mass is 10.1. The van der Waals surface area contributed by atoms with Gasteiger partial charge in [-0.25, -0.2) is 0 Å². The molecule has 0 aliphatic carbocycles. The highest BCUT2D eigenvalue weighted by Crippen LogP contribution is 2.35. The summed E-state index contributed by atoms with van der Waals surface area (Å²) in [4.78, 5) is 1.39. The van der Waals surface area contributed by atoms with Gasteiger partial charge >= 0.3 is 0 Å². The van der Waals surface area contributed by atoms with Crippen molar-refractivity contribution >= 4 is 21.7 Å². The smallest absolute Gasteiger partial charge is 0.197 e. The maximum atomic E-state index is 5.81. The maximum absolute atomic E-state index is 5.81. The van der Waals surface area contributed by atoms with Gasteiger partial charge in [-0.2, -0.15) is 0 Å². The van der Waals surface area contributed by atoms with Crippen molar-refractivity contribution in [1.29, 1.82) is 0 Å². The summed E-state index contributed by atoms with van der Waals surface area (Å²) in [5, 5.41) is 2.53. The number of ether oxygens (including phenoxy) is 1. The minimum Gasteiger partial charge on any atom is -0.483 e. The Balaban J connectivity index is 2.33. The van der Waals surface area contributed by atoms with Crippen molar-refractivity contribution in [3.63, 3.8) is 0 Å². The molecule has 0 spiro atoms. The SMILES string of the molecule is C[S+]1CCOc2c1ccc1ccccc21. The molecule has 3 rings (SSSR count). The van der Waals surface area contributed by atoms with Crippen LogP contribution in [0.4, 0.5) is 0 Å². The Labute approximate surface area is 92.4 Å². The van der Waals surface area contributed by atoms with Crippen LogP contribution < -0.4 is 4.74 Å². The summed E-state index contributed by atoms with van der Waals surface area (Å²) in [5.74, 6) is 2.27. The molecule has 0 saturated heterocycles. The molecule has 1 nitrogen and oxygen atoms in total. The van der Waals surface area contributed by atoms with Crippen LogP contribution in [0.1, 0.15) is 0 Å². The molecule has 1 aliphatic rings. The summed E-state index contributed by atoms with van der Waals surface area (Å²) < 4.78 is 5.81. The van der Waals surface area contributed by atoms with Gasteiger partial charge in [0.2, 0.25) is 0 Å². The lowest BCUT2D eigenvalue weighted by Gasteiger charge is -2.17. The van der Waals surface area contributed by atoms with Crippen LogP contribution >= 0.6 is 0 Å². The second-order valence-corrected chi connectivity index (χ2v) is 5.93. The third kappa shape index (κ3) is 1.40. The molecule has 2 heteroatoms. The fourth-order valence-electron chi connectivity index (χ4n) is 2.02. The van der Waals surface area contributed by atoms with E-state index < -0.39 is 0 Å². The van der Waals surface area contributed by atoms with E-state index in [0.29, 0.717) is 10.9 Å². The van der Waals surface area contributed by atoms with Crippen molar-refractivity contribution in [3.05, 3.63) is 36.4 Å². The van der Waals surface area contributed by atoms with Crippen LogP contribution in [-0.2, 0) is 10.9 Å². The Morgan fingerprint density at radius 1 is 1.13 bits per heavy atom. The van der Waals surface area contributed by atoms with E-state index in [1.54, 1.807) is 0 Å². The van der Waals surface area contributed by atoms with E-state index in [9.17, 15) is 0 Å². The van der Waals surface area contributed by atoms with Gasteiger partial charge < -0.3 is 4.74 Å². The van der Waals surface area contributed by atoms with Crippen LogP contribution in [0.3, 0.4) is 0 Å². The van der Waals surface area contributed by atoms with Crippen molar-refractivity contribution < 1.29 is 4.74 Å². The van der Waals surface area contributed by atoms with Gasteiger partial charge in [0, 0.05) is 16.3 Å². The largest absolute Gasteiger partial charge is 0.483 e. The van der Waals surface area contributed by atoms with Crippen LogP contribution in [-0.4, -0.2) is 18.6 Å². The fraction of sp³-hybridized carbons (Fsp3) is 0.231. The Kier molecular flexibility index (Phi) is 2.10. The molecule has 1 atom stereocenters. The van der Waals surface area contributed by atoms with Gasteiger partial charge in [0.1, 0.15) is 18.6 Å². The number of rotatable bonds is 0. The van der Waals surface area contributed by atoms with Crippen molar-refractivity contribution in [1.82, 2.24) is 0 Å². The normalized spacial score (nSPS) is 19.7. The molecule has 0 aromatic heterocycles. The number of benzene rings is 2. The van der Waals surface area contributed by atoms with Gasteiger partial charge in [-0.3, -0.25) is 0 Å². The standard InChI is InChI=1S/C13H13OS/c1-15-9-8-14-13-11-5-3-2-4-10(11)6-7-12(13)15/h2-7H,8-9H2,1H3/q+1. The van der Waals surface area contributed by atoms with Crippen LogP contribution in [0.5, 0.6) is 5.75 Å². The van der Waals surface area contributed by atoms with E-state index in [-0.39, 0.29) is 0 Å². The van der Waals surface area contributed by atoms with Gasteiger partial charge in [-0.15, -0.1) is 0 Å². The van der Waals surface area contributed by atoms with Crippen molar-refractivity contribution in [2.75, 3.05) is 18.6 Å². The molecule has 0 radical (unpaired) electrons. The highest BCUT2D eigenvalue weighted by Gasteiger charge is 2.27. The zero-order chi connectivity index (χ0) is 10.3. The second kappa shape index (κ2) is 3.46. The molecule has 76 valence electrons. The highest BCUT2D eigenvalue weighted by molar-refractivity contribution is 7.96. The molecule has 0 N–H and O–H groups in total. The Bertz CT molecular complexity index is 507. The van der Waals surface area contributed by atoms with Crippen LogP contribution in [0.25, 0.3) is 10.8 Å². The number of fused-ring (bicyclic) bond motifs is 3. The molecule has 0 bridgehead atoms. The van der Waals surface area contributed by atoms with E-state index in [4.69, 9.17) is 4.74 Å². The van der Waals surface area contributed by atoms with E-state index in [0.717, 1.165) is 18.1 Å². The number of hydrogen-bond acceptors (Lipinski definition) is 1. The molecule has 15 heavy (non-hydrogen) atoms. The number of hydrogen-bond donors (Lipinski definition) is 0. The van der Waals surface area contributed by atoms with Crippen molar-refractivity contribution in [2.45, 2.75) is 4.90 Å². The molecular formula is C13H13OS+. The van der Waals surface area contributed by atoms with E-state index >= 15 is 0 Å². The molecule has 2 aromatic rings. The molecule has 0 fully saturated rings. The molecule has 0 saturated carbocycles. The summed E-state index contributed by atoms with van der Waals surface area (Å²) in [5.41, 5.74) is 0. The zero-order valence-electron chi connectivity index (χ0n) is 8.69. The predicted octanol–water partition coefficient (Wildman–Crippen LogP) is 2.84. The molecule has 1 heterocycles. The summed E-state index contributed by atoms with van der Waals surface area (Å²) in [7, 11) is 0.354. The fourth-order valence-corrected chi connectivity index (χ4v) is 3.36. The van der Waals surface area contributed by atoms with Gasteiger partial charge in [0.05, 0.1) is 0 Å². The first-order valence-electron chi connectivity index (χ1n) is 5.13. The van der Waals surface area contributed by atoms with Crippen molar-refractivity contribution in [2.24, 2.45) is 0 Å².